The predicted molar refractivity (Wildman–Crippen MR) is 67.0 cm³/mol. The van der Waals surface area contributed by atoms with Gasteiger partial charge >= 0.3 is 0 Å². The molecular weight excluding hydrogens is 233 g/mol. The maximum atomic E-state index is 13.2. The number of hydrogen-bond acceptors (Lipinski definition) is 4. The van der Waals surface area contributed by atoms with Crippen LogP contribution in [0.15, 0.2) is 30.5 Å². The fourth-order valence-corrected chi connectivity index (χ4v) is 1.57. The van der Waals surface area contributed by atoms with Crippen molar-refractivity contribution < 1.29 is 9.13 Å². The van der Waals surface area contributed by atoms with Gasteiger partial charge in [0.1, 0.15) is 5.82 Å². The van der Waals surface area contributed by atoms with Crippen molar-refractivity contribution in [2.75, 3.05) is 12.4 Å². The summed E-state index contributed by atoms with van der Waals surface area (Å²) in [4.78, 5) is 8.29. The average molecular weight is 247 g/mol. The number of nitrogens with zero attached hydrogens (tertiary/aromatic N) is 2. The van der Waals surface area contributed by atoms with Gasteiger partial charge in [-0.15, -0.1) is 0 Å². The van der Waals surface area contributed by atoms with Crippen LogP contribution in [0.4, 0.5) is 10.1 Å². The predicted octanol–water partition coefficient (Wildman–Crippen LogP) is 2.54. The molecule has 0 saturated heterocycles. The molecule has 0 aliphatic carbocycles. The molecule has 0 aliphatic rings. The number of ether oxygens (including phenoxy) is 1. The van der Waals surface area contributed by atoms with E-state index in [4.69, 9.17) is 4.74 Å². The Balaban J connectivity index is 2.06. The van der Waals surface area contributed by atoms with Gasteiger partial charge in [0, 0.05) is 18.0 Å². The van der Waals surface area contributed by atoms with Gasteiger partial charge in [-0.3, -0.25) is 0 Å². The number of benzene rings is 1. The van der Waals surface area contributed by atoms with E-state index in [9.17, 15) is 4.39 Å². The SMILES string of the molecule is COc1cc(NCc2ccnc(C)n2)ccc1F. The van der Waals surface area contributed by atoms with Gasteiger partial charge in [-0.05, 0) is 25.1 Å². The Morgan fingerprint density at radius 2 is 2.17 bits per heavy atom. The van der Waals surface area contributed by atoms with Crippen LogP contribution in [-0.2, 0) is 6.54 Å². The smallest absolute Gasteiger partial charge is 0.165 e. The van der Waals surface area contributed by atoms with Crippen molar-refractivity contribution in [2.45, 2.75) is 13.5 Å². The number of anilines is 1. The van der Waals surface area contributed by atoms with E-state index in [1.807, 2.05) is 13.0 Å². The summed E-state index contributed by atoms with van der Waals surface area (Å²) in [5, 5.41) is 3.15. The Morgan fingerprint density at radius 3 is 2.89 bits per heavy atom. The van der Waals surface area contributed by atoms with Crippen LogP contribution in [0.2, 0.25) is 0 Å². The molecule has 5 heteroatoms. The molecule has 4 nitrogen and oxygen atoms in total. The van der Waals surface area contributed by atoms with Gasteiger partial charge in [0.2, 0.25) is 0 Å². The van der Waals surface area contributed by atoms with Gasteiger partial charge in [-0.25, -0.2) is 14.4 Å². The summed E-state index contributed by atoms with van der Waals surface area (Å²) in [5.74, 6) is 0.575. The Kier molecular flexibility index (Phi) is 3.72. The van der Waals surface area contributed by atoms with Crippen molar-refractivity contribution in [1.82, 2.24) is 9.97 Å². The van der Waals surface area contributed by atoms with E-state index in [0.717, 1.165) is 17.2 Å². The van der Waals surface area contributed by atoms with E-state index < -0.39 is 0 Å². The van der Waals surface area contributed by atoms with Crippen LogP contribution in [-0.4, -0.2) is 17.1 Å². The minimum atomic E-state index is -0.374. The zero-order chi connectivity index (χ0) is 13.0. The zero-order valence-corrected chi connectivity index (χ0v) is 10.3. The lowest BCUT2D eigenvalue weighted by molar-refractivity contribution is 0.387. The standard InChI is InChI=1S/C13H14FN3O/c1-9-15-6-5-11(17-9)8-16-10-3-4-12(14)13(7-10)18-2/h3-7,16H,8H2,1-2H3. The lowest BCUT2D eigenvalue weighted by Crippen LogP contribution is -2.03. The van der Waals surface area contributed by atoms with Crippen molar-refractivity contribution in [2.24, 2.45) is 0 Å². The number of aryl methyl sites for hydroxylation is 1. The van der Waals surface area contributed by atoms with E-state index in [-0.39, 0.29) is 11.6 Å². The highest BCUT2D eigenvalue weighted by Crippen LogP contribution is 2.21. The minimum absolute atomic E-state index is 0.221. The van der Waals surface area contributed by atoms with Gasteiger partial charge in [0.25, 0.3) is 0 Å². The fourth-order valence-electron chi connectivity index (χ4n) is 1.57. The Morgan fingerprint density at radius 1 is 1.33 bits per heavy atom. The molecule has 0 saturated carbocycles. The second-order valence-corrected chi connectivity index (χ2v) is 3.80. The molecule has 0 unspecified atom stereocenters. The van der Waals surface area contributed by atoms with E-state index in [1.54, 1.807) is 18.3 Å². The first-order chi connectivity index (χ1) is 8.69. The summed E-state index contributed by atoms with van der Waals surface area (Å²) in [7, 11) is 1.44. The van der Waals surface area contributed by atoms with E-state index >= 15 is 0 Å². The van der Waals surface area contributed by atoms with E-state index in [2.05, 4.69) is 15.3 Å². The van der Waals surface area contributed by atoms with Gasteiger partial charge in [-0.2, -0.15) is 0 Å². The van der Waals surface area contributed by atoms with Gasteiger partial charge < -0.3 is 10.1 Å². The molecule has 18 heavy (non-hydrogen) atoms. The summed E-state index contributed by atoms with van der Waals surface area (Å²) >= 11 is 0. The first-order valence-electron chi connectivity index (χ1n) is 5.55. The number of rotatable bonds is 4. The molecule has 1 aromatic carbocycles. The molecule has 0 fully saturated rings. The molecule has 2 rings (SSSR count). The van der Waals surface area contributed by atoms with Gasteiger partial charge in [0.05, 0.1) is 19.3 Å². The van der Waals surface area contributed by atoms with Crippen LogP contribution >= 0.6 is 0 Å². The minimum Gasteiger partial charge on any atom is -0.494 e. The molecule has 0 aliphatic heterocycles. The van der Waals surface area contributed by atoms with Crippen LogP contribution in [0.5, 0.6) is 5.75 Å². The molecule has 1 N–H and O–H groups in total. The molecule has 0 amide bonds. The van der Waals surface area contributed by atoms with Crippen molar-refractivity contribution >= 4 is 5.69 Å². The number of aromatic nitrogens is 2. The summed E-state index contributed by atoms with van der Waals surface area (Å²) < 4.78 is 18.1. The lowest BCUT2D eigenvalue weighted by Gasteiger charge is -2.08. The van der Waals surface area contributed by atoms with E-state index in [1.165, 1.54) is 13.2 Å². The lowest BCUT2D eigenvalue weighted by atomic mass is 10.2. The van der Waals surface area contributed by atoms with Crippen LogP contribution in [0.1, 0.15) is 11.5 Å². The van der Waals surface area contributed by atoms with Crippen molar-refractivity contribution in [3.05, 3.63) is 47.8 Å². The molecular formula is C13H14FN3O. The normalized spacial score (nSPS) is 10.2. The maximum Gasteiger partial charge on any atom is 0.165 e. The fraction of sp³-hybridized carbons (Fsp3) is 0.231. The number of halogens is 1. The molecule has 0 spiro atoms. The number of hydrogen-bond donors (Lipinski definition) is 1. The second kappa shape index (κ2) is 5.44. The summed E-state index contributed by atoms with van der Waals surface area (Å²) in [6.07, 6.45) is 1.71. The molecule has 0 radical (unpaired) electrons. The Hall–Kier alpha value is -2.17. The van der Waals surface area contributed by atoms with Gasteiger partial charge in [0.15, 0.2) is 11.6 Å². The Labute approximate surface area is 105 Å². The highest BCUT2D eigenvalue weighted by Gasteiger charge is 2.03. The second-order valence-electron chi connectivity index (χ2n) is 3.80. The first kappa shape index (κ1) is 12.3. The third-order valence-corrected chi connectivity index (χ3v) is 2.46. The van der Waals surface area contributed by atoms with Crippen molar-refractivity contribution in [3.63, 3.8) is 0 Å². The highest BCUT2D eigenvalue weighted by molar-refractivity contribution is 5.48. The monoisotopic (exact) mass is 247 g/mol. The van der Waals surface area contributed by atoms with Crippen LogP contribution < -0.4 is 10.1 Å². The molecule has 94 valence electrons. The number of methoxy groups -OCH3 is 1. The van der Waals surface area contributed by atoms with Crippen LogP contribution in [0.3, 0.4) is 0 Å². The largest absolute Gasteiger partial charge is 0.494 e. The van der Waals surface area contributed by atoms with E-state index in [0.29, 0.717) is 6.54 Å². The third kappa shape index (κ3) is 2.94. The third-order valence-electron chi connectivity index (χ3n) is 2.46. The molecule has 2 aromatic rings. The zero-order valence-electron chi connectivity index (χ0n) is 10.3. The van der Waals surface area contributed by atoms with Crippen LogP contribution in [0, 0.1) is 12.7 Å². The van der Waals surface area contributed by atoms with Crippen LogP contribution in [0.25, 0.3) is 0 Å². The molecule has 1 heterocycles. The van der Waals surface area contributed by atoms with Crippen molar-refractivity contribution in [3.8, 4) is 5.75 Å². The summed E-state index contributed by atoms with van der Waals surface area (Å²) in [6.45, 7) is 2.39. The maximum absolute atomic E-state index is 13.2. The Bertz CT molecular complexity index is 546. The topological polar surface area (TPSA) is 47.0 Å². The number of nitrogens with one attached hydrogen (secondary N) is 1. The first-order valence-corrected chi connectivity index (χ1v) is 5.55. The highest BCUT2D eigenvalue weighted by atomic mass is 19.1. The summed E-state index contributed by atoms with van der Waals surface area (Å²) in [5.41, 5.74) is 1.66. The summed E-state index contributed by atoms with van der Waals surface area (Å²) in [6, 6.07) is 6.47. The quantitative estimate of drug-likeness (QED) is 0.902. The molecule has 0 atom stereocenters. The molecule has 1 aromatic heterocycles. The molecule has 0 bridgehead atoms. The van der Waals surface area contributed by atoms with Crippen molar-refractivity contribution in [1.29, 1.82) is 0 Å². The average Bonchev–Trinajstić information content (AvgIpc) is 2.38. The van der Waals surface area contributed by atoms with Gasteiger partial charge in [-0.1, -0.05) is 0 Å².